The molecule has 1 atom stereocenters. The summed E-state index contributed by atoms with van der Waals surface area (Å²) in [5, 5.41) is 4.74. The summed E-state index contributed by atoms with van der Waals surface area (Å²) in [5.41, 5.74) is 0. The van der Waals surface area contributed by atoms with Crippen LogP contribution in [0.1, 0.15) is 12.8 Å². The average Bonchev–Trinajstić information content (AvgIpc) is 2.25. The van der Waals surface area contributed by atoms with E-state index in [1.54, 1.807) is 0 Å². The maximum absolute atomic E-state index is 11.8. The molecule has 0 aliphatic carbocycles. The van der Waals surface area contributed by atoms with Crippen LogP contribution in [0.15, 0.2) is 0 Å². The fourth-order valence-electron chi connectivity index (χ4n) is 2.09. The zero-order valence-electron chi connectivity index (χ0n) is 10.5. The Hall–Kier alpha value is -0.820. The molecule has 1 heterocycles. The molecule has 1 fully saturated rings. The second-order valence-corrected chi connectivity index (χ2v) is 4.79. The number of rotatable bonds is 5. The van der Waals surface area contributed by atoms with Crippen LogP contribution in [0.4, 0.5) is 13.2 Å². The maximum Gasteiger partial charge on any atom is 0.405 e. The fourth-order valence-corrected chi connectivity index (χ4v) is 2.09. The molecular formula is C11H20F3N3O. The summed E-state index contributed by atoms with van der Waals surface area (Å²) in [6.07, 6.45) is -2.12. The first-order valence-electron chi connectivity index (χ1n) is 6.09. The van der Waals surface area contributed by atoms with Crippen LogP contribution in [0.3, 0.4) is 0 Å². The van der Waals surface area contributed by atoms with Gasteiger partial charge in [-0.05, 0) is 38.9 Å². The highest BCUT2D eigenvalue weighted by Crippen LogP contribution is 2.14. The van der Waals surface area contributed by atoms with Crippen LogP contribution in [0.25, 0.3) is 0 Å². The van der Waals surface area contributed by atoms with Crippen LogP contribution in [0.2, 0.25) is 0 Å². The minimum atomic E-state index is -4.35. The molecule has 0 aromatic heterocycles. The number of nitrogens with zero attached hydrogens (tertiary/aromatic N) is 1. The van der Waals surface area contributed by atoms with E-state index in [9.17, 15) is 18.0 Å². The number of carbonyl (C=O) groups excluding carboxylic acids is 1. The molecule has 1 aliphatic heterocycles. The van der Waals surface area contributed by atoms with Crippen molar-refractivity contribution >= 4 is 5.91 Å². The Morgan fingerprint density at radius 2 is 2.17 bits per heavy atom. The molecule has 2 N–H and O–H groups in total. The Morgan fingerprint density at radius 1 is 1.44 bits per heavy atom. The van der Waals surface area contributed by atoms with Crippen molar-refractivity contribution in [2.24, 2.45) is 5.92 Å². The predicted octanol–water partition coefficient (Wildman–Crippen LogP) is 0.596. The van der Waals surface area contributed by atoms with Gasteiger partial charge in [-0.1, -0.05) is 0 Å². The van der Waals surface area contributed by atoms with Crippen molar-refractivity contribution in [1.82, 2.24) is 15.5 Å². The summed E-state index contributed by atoms with van der Waals surface area (Å²) >= 11 is 0. The quantitative estimate of drug-likeness (QED) is 0.766. The first kappa shape index (κ1) is 15.2. The number of nitrogens with one attached hydrogen (secondary N) is 2. The third kappa shape index (κ3) is 6.80. The Balaban J connectivity index is 2.08. The molecule has 106 valence electrons. The molecule has 1 amide bonds. The molecule has 1 saturated heterocycles. The van der Waals surface area contributed by atoms with E-state index in [-0.39, 0.29) is 6.54 Å². The van der Waals surface area contributed by atoms with Crippen LogP contribution in [-0.4, -0.2) is 56.8 Å². The van der Waals surface area contributed by atoms with Gasteiger partial charge in [-0.15, -0.1) is 0 Å². The van der Waals surface area contributed by atoms with Crippen molar-refractivity contribution in [1.29, 1.82) is 0 Å². The van der Waals surface area contributed by atoms with E-state index in [1.807, 2.05) is 12.4 Å². The molecule has 0 saturated carbocycles. The Labute approximate surface area is 105 Å². The van der Waals surface area contributed by atoms with Gasteiger partial charge in [0.2, 0.25) is 5.91 Å². The number of piperidine rings is 1. The summed E-state index contributed by atoms with van der Waals surface area (Å²) in [6.45, 7) is 1.40. The molecule has 1 unspecified atom stereocenters. The molecular weight excluding hydrogens is 247 g/mol. The van der Waals surface area contributed by atoms with Crippen molar-refractivity contribution in [3.05, 3.63) is 0 Å². The zero-order valence-corrected chi connectivity index (χ0v) is 10.5. The van der Waals surface area contributed by atoms with Gasteiger partial charge in [0.1, 0.15) is 6.54 Å². The van der Waals surface area contributed by atoms with Crippen LogP contribution >= 0.6 is 0 Å². The third-order valence-corrected chi connectivity index (χ3v) is 2.93. The molecule has 0 spiro atoms. The van der Waals surface area contributed by atoms with Crippen LogP contribution in [0.5, 0.6) is 0 Å². The molecule has 1 aliphatic rings. The Bertz CT molecular complexity index is 271. The van der Waals surface area contributed by atoms with E-state index < -0.39 is 18.6 Å². The lowest BCUT2D eigenvalue weighted by molar-refractivity contribution is -0.137. The van der Waals surface area contributed by atoms with Gasteiger partial charge < -0.3 is 15.5 Å². The first-order valence-corrected chi connectivity index (χ1v) is 6.09. The minimum Gasteiger partial charge on any atom is -0.346 e. The van der Waals surface area contributed by atoms with E-state index in [2.05, 4.69) is 10.2 Å². The highest BCUT2D eigenvalue weighted by Gasteiger charge is 2.27. The van der Waals surface area contributed by atoms with Gasteiger partial charge in [0.15, 0.2) is 0 Å². The maximum atomic E-state index is 11.8. The zero-order chi connectivity index (χ0) is 13.6. The van der Waals surface area contributed by atoms with Crippen LogP contribution in [-0.2, 0) is 4.79 Å². The molecule has 4 nitrogen and oxygen atoms in total. The number of hydrogen-bond donors (Lipinski definition) is 2. The Morgan fingerprint density at radius 3 is 2.78 bits per heavy atom. The van der Waals surface area contributed by atoms with E-state index in [1.165, 1.54) is 0 Å². The van der Waals surface area contributed by atoms with Gasteiger partial charge in [-0.3, -0.25) is 4.79 Å². The topological polar surface area (TPSA) is 44.4 Å². The van der Waals surface area contributed by atoms with Gasteiger partial charge in [-0.25, -0.2) is 0 Å². The molecule has 0 radical (unpaired) electrons. The van der Waals surface area contributed by atoms with Crippen LogP contribution in [0, 0.1) is 5.92 Å². The summed E-state index contributed by atoms with van der Waals surface area (Å²) in [6, 6.07) is 0. The first-order chi connectivity index (χ1) is 8.37. The number of halogens is 3. The summed E-state index contributed by atoms with van der Waals surface area (Å²) in [5.74, 6) is -0.143. The lowest BCUT2D eigenvalue weighted by Crippen LogP contribution is -2.42. The monoisotopic (exact) mass is 267 g/mol. The standard InChI is InChI=1S/C11H20F3N3O/c1-17-4-2-3-9(7-17)5-15-6-10(18)16-8-11(12,13)14/h9,15H,2-8H2,1H3,(H,16,18). The second-order valence-electron chi connectivity index (χ2n) is 4.79. The van der Waals surface area contributed by atoms with E-state index >= 15 is 0 Å². The molecule has 0 aromatic rings. The van der Waals surface area contributed by atoms with Gasteiger partial charge >= 0.3 is 6.18 Å². The van der Waals surface area contributed by atoms with Crippen molar-refractivity contribution < 1.29 is 18.0 Å². The van der Waals surface area contributed by atoms with Crippen molar-refractivity contribution in [2.75, 3.05) is 39.8 Å². The second kappa shape index (κ2) is 6.94. The van der Waals surface area contributed by atoms with Crippen molar-refractivity contribution in [2.45, 2.75) is 19.0 Å². The van der Waals surface area contributed by atoms with Crippen molar-refractivity contribution in [3.63, 3.8) is 0 Å². The van der Waals surface area contributed by atoms with E-state index in [4.69, 9.17) is 0 Å². The minimum absolute atomic E-state index is 0.0592. The predicted molar refractivity (Wildman–Crippen MR) is 62.2 cm³/mol. The molecule has 7 heteroatoms. The number of hydrogen-bond acceptors (Lipinski definition) is 3. The highest BCUT2D eigenvalue weighted by molar-refractivity contribution is 5.77. The largest absolute Gasteiger partial charge is 0.405 e. The highest BCUT2D eigenvalue weighted by atomic mass is 19.4. The van der Waals surface area contributed by atoms with E-state index in [0.29, 0.717) is 12.5 Å². The van der Waals surface area contributed by atoms with Gasteiger partial charge in [0.05, 0.1) is 6.54 Å². The summed E-state index contributed by atoms with van der Waals surface area (Å²) in [7, 11) is 2.04. The smallest absolute Gasteiger partial charge is 0.346 e. The number of amides is 1. The third-order valence-electron chi connectivity index (χ3n) is 2.93. The summed E-state index contributed by atoms with van der Waals surface area (Å²) < 4.78 is 35.5. The number of likely N-dealkylation sites (tertiary alicyclic amines) is 1. The van der Waals surface area contributed by atoms with Crippen molar-refractivity contribution in [3.8, 4) is 0 Å². The van der Waals surface area contributed by atoms with E-state index in [0.717, 1.165) is 25.9 Å². The normalized spacial score (nSPS) is 21.9. The lowest BCUT2D eigenvalue weighted by atomic mass is 9.98. The molecule has 0 aromatic carbocycles. The van der Waals surface area contributed by atoms with Crippen LogP contribution < -0.4 is 10.6 Å². The number of alkyl halides is 3. The lowest BCUT2D eigenvalue weighted by Gasteiger charge is -2.29. The van der Waals surface area contributed by atoms with Gasteiger partial charge in [0, 0.05) is 6.54 Å². The SMILES string of the molecule is CN1CCCC(CNCC(=O)NCC(F)(F)F)C1. The van der Waals surface area contributed by atoms with Gasteiger partial charge in [0.25, 0.3) is 0 Å². The average molecular weight is 267 g/mol. The Kier molecular flexibility index (Phi) is 5.87. The molecule has 18 heavy (non-hydrogen) atoms. The van der Waals surface area contributed by atoms with Gasteiger partial charge in [-0.2, -0.15) is 13.2 Å². The fraction of sp³-hybridized carbons (Fsp3) is 0.909. The molecule has 1 rings (SSSR count). The summed E-state index contributed by atoms with van der Waals surface area (Å²) in [4.78, 5) is 13.3. The molecule has 0 bridgehead atoms. The number of carbonyl (C=O) groups is 1.